The van der Waals surface area contributed by atoms with Gasteiger partial charge < -0.3 is 5.11 Å². The predicted molar refractivity (Wildman–Crippen MR) is 72.0 cm³/mol. The molecule has 1 saturated heterocycles. The Bertz CT molecular complexity index is 699. The van der Waals surface area contributed by atoms with E-state index in [4.69, 9.17) is 5.11 Å². The monoisotopic (exact) mass is 355 g/mol. The maximum atomic E-state index is 13.0. The fourth-order valence-corrected chi connectivity index (χ4v) is 4.56. The predicted octanol–water partition coefficient (Wildman–Crippen LogP) is 1.46. The summed E-state index contributed by atoms with van der Waals surface area (Å²) in [4.78, 5) is 9.95. The first-order chi connectivity index (χ1) is 10.5. The molecule has 2 rings (SSSR count). The van der Waals surface area contributed by atoms with Crippen LogP contribution in [0.15, 0.2) is 11.1 Å². The standard InChI is InChI=1S/C12H16F3N3O4S/c1-17-7-9(11(16-17)12(13,14)15)23(21,22)18-5-3-2-4-8(18)6-10(19)20/h7-8H,2-6H2,1H3,(H,19,20). The molecule has 1 aromatic rings. The highest BCUT2D eigenvalue weighted by Gasteiger charge is 2.44. The largest absolute Gasteiger partial charge is 0.481 e. The number of sulfonamides is 1. The average molecular weight is 355 g/mol. The highest BCUT2D eigenvalue weighted by atomic mass is 32.2. The van der Waals surface area contributed by atoms with Gasteiger partial charge in [0.05, 0.1) is 6.42 Å². The Balaban J connectivity index is 2.46. The molecular weight excluding hydrogens is 339 g/mol. The SMILES string of the molecule is Cn1cc(S(=O)(=O)N2CCCCC2CC(=O)O)c(C(F)(F)F)n1. The van der Waals surface area contributed by atoms with Gasteiger partial charge in [0.1, 0.15) is 4.90 Å². The summed E-state index contributed by atoms with van der Waals surface area (Å²) in [5.74, 6) is -1.20. The molecule has 23 heavy (non-hydrogen) atoms. The molecule has 7 nitrogen and oxygen atoms in total. The number of aliphatic carboxylic acids is 1. The number of rotatable bonds is 4. The van der Waals surface area contributed by atoms with Crippen molar-refractivity contribution >= 4 is 16.0 Å². The van der Waals surface area contributed by atoms with E-state index in [1.165, 1.54) is 7.05 Å². The number of alkyl halides is 3. The molecule has 0 spiro atoms. The number of hydrogen-bond donors (Lipinski definition) is 1. The van der Waals surface area contributed by atoms with Gasteiger partial charge in [0.2, 0.25) is 10.0 Å². The Hall–Kier alpha value is -1.62. The summed E-state index contributed by atoms with van der Waals surface area (Å²) in [7, 11) is -3.29. The van der Waals surface area contributed by atoms with Crippen LogP contribution in [0.25, 0.3) is 0 Å². The first kappa shape index (κ1) is 17.7. The molecule has 1 atom stereocenters. The van der Waals surface area contributed by atoms with Gasteiger partial charge in [-0.25, -0.2) is 8.42 Å². The van der Waals surface area contributed by atoms with Crippen LogP contribution in [0.4, 0.5) is 13.2 Å². The zero-order chi connectivity index (χ0) is 17.4. The second-order valence-corrected chi connectivity index (χ2v) is 7.24. The van der Waals surface area contributed by atoms with Gasteiger partial charge >= 0.3 is 12.1 Å². The normalized spacial score (nSPS) is 20.6. The molecular formula is C12H16F3N3O4S. The van der Waals surface area contributed by atoms with E-state index >= 15 is 0 Å². The summed E-state index contributed by atoms with van der Waals surface area (Å²) in [5.41, 5.74) is -1.49. The third-order valence-electron chi connectivity index (χ3n) is 3.63. The Morgan fingerprint density at radius 1 is 1.43 bits per heavy atom. The molecule has 1 fully saturated rings. The lowest BCUT2D eigenvalue weighted by molar-refractivity contribution is -0.144. The molecule has 0 radical (unpaired) electrons. The molecule has 1 aliphatic rings. The molecule has 0 aliphatic carbocycles. The number of aromatic nitrogens is 2. The number of carboxylic acids is 1. The van der Waals surface area contributed by atoms with Crippen molar-refractivity contribution in [1.82, 2.24) is 14.1 Å². The summed E-state index contributed by atoms with van der Waals surface area (Å²) >= 11 is 0. The van der Waals surface area contributed by atoms with E-state index in [2.05, 4.69) is 5.10 Å². The van der Waals surface area contributed by atoms with Crippen LogP contribution in [0.2, 0.25) is 0 Å². The molecule has 11 heteroatoms. The lowest BCUT2D eigenvalue weighted by atomic mass is 10.0. The zero-order valence-corrected chi connectivity index (χ0v) is 13.1. The molecule has 1 unspecified atom stereocenters. The number of carbonyl (C=O) groups is 1. The molecule has 0 bridgehead atoms. The fraction of sp³-hybridized carbons (Fsp3) is 0.667. The number of piperidine rings is 1. The quantitative estimate of drug-likeness (QED) is 0.883. The van der Waals surface area contributed by atoms with Crippen LogP contribution in [-0.2, 0) is 28.0 Å². The first-order valence-corrected chi connectivity index (χ1v) is 8.32. The van der Waals surface area contributed by atoms with Gasteiger partial charge in [0.15, 0.2) is 5.69 Å². The first-order valence-electron chi connectivity index (χ1n) is 6.88. The van der Waals surface area contributed by atoms with E-state index in [9.17, 15) is 26.4 Å². The average Bonchev–Trinajstić information content (AvgIpc) is 2.81. The van der Waals surface area contributed by atoms with Crippen molar-refractivity contribution in [2.24, 2.45) is 7.05 Å². The topological polar surface area (TPSA) is 92.5 Å². The van der Waals surface area contributed by atoms with Crippen LogP contribution in [0, 0.1) is 0 Å². The van der Waals surface area contributed by atoms with Crippen molar-refractivity contribution in [2.75, 3.05) is 6.54 Å². The van der Waals surface area contributed by atoms with Gasteiger partial charge in [-0.1, -0.05) is 6.42 Å². The third-order valence-corrected chi connectivity index (χ3v) is 5.59. The number of carboxylic acid groups (broad SMARTS) is 1. The lowest BCUT2D eigenvalue weighted by Gasteiger charge is -2.33. The second-order valence-electron chi connectivity index (χ2n) is 5.38. The molecule has 0 aromatic carbocycles. The summed E-state index contributed by atoms with van der Waals surface area (Å²) < 4.78 is 66.0. The maximum absolute atomic E-state index is 13.0. The minimum atomic E-state index is -4.91. The van der Waals surface area contributed by atoms with Gasteiger partial charge in [0.25, 0.3) is 0 Å². The molecule has 0 saturated carbocycles. The summed E-state index contributed by atoms with van der Waals surface area (Å²) in [6.07, 6.45) is -3.17. The van der Waals surface area contributed by atoms with Crippen molar-refractivity contribution in [1.29, 1.82) is 0 Å². The highest BCUT2D eigenvalue weighted by Crippen LogP contribution is 2.36. The van der Waals surface area contributed by atoms with E-state index in [1.807, 2.05) is 0 Å². The van der Waals surface area contributed by atoms with Gasteiger partial charge in [-0.05, 0) is 12.8 Å². The minimum absolute atomic E-state index is 0.00747. The van der Waals surface area contributed by atoms with Crippen LogP contribution in [-0.4, -0.2) is 46.2 Å². The van der Waals surface area contributed by atoms with Gasteiger partial charge in [-0.15, -0.1) is 0 Å². The van der Waals surface area contributed by atoms with Crippen LogP contribution in [0.3, 0.4) is 0 Å². The van der Waals surface area contributed by atoms with Crippen molar-refractivity contribution < 1.29 is 31.5 Å². The molecule has 130 valence electrons. The van der Waals surface area contributed by atoms with E-state index in [0.29, 0.717) is 19.3 Å². The number of halogens is 3. The van der Waals surface area contributed by atoms with E-state index < -0.39 is 45.2 Å². The van der Waals surface area contributed by atoms with E-state index in [0.717, 1.165) is 15.2 Å². The van der Waals surface area contributed by atoms with Crippen molar-refractivity contribution in [3.8, 4) is 0 Å². The molecule has 2 heterocycles. The summed E-state index contributed by atoms with van der Waals surface area (Å²) in [6, 6.07) is -0.854. The second kappa shape index (κ2) is 6.11. The zero-order valence-electron chi connectivity index (χ0n) is 12.2. The van der Waals surface area contributed by atoms with Gasteiger partial charge in [-0.2, -0.15) is 22.6 Å². The minimum Gasteiger partial charge on any atom is -0.481 e. The van der Waals surface area contributed by atoms with Crippen LogP contribution < -0.4 is 0 Å². The van der Waals surface area contributed by atoms with Crippen molar-refractivity contribution in [2.45, 2.75) is 42.8 Å². The Morgan fingerprint density at radius 3 is 2.65 bits per heavy atom. The molecule has 1 aromatic heterocycles. The Labute approximate surface area is 130 Å². The molecule has 0 amide bonds. The number of aryl methyl sites for hydroxylation is 1. The lowest BCUT2D eigenvalue weighted by Crippen LogP contribution is -2.45. The Morgan fingerprint density at radius 2 is 2.09 bits per heavy atom. The van der Waals surface area contributed by atoms with Crippen LogP contribution in [0.1, 0.15) is 31.4 Å². The fourth-order valence-electron chi connectivity index (χ4n) is 2.67. The van der Waals surface area contributed by atoms with E-state index in [1.54, 1.807) is 0 Å². The number of hydrogen-bond acceptors (Lipinski definition) is 4. The van der Waals surface area contributed by atoms with Crippen molar-refractivity contribution in [3.05, 3.63) is 11.9 Å². The molecule has 1 N–H and O–H groups in total. The van der Waals surface area contributed by atoms with E-state index in [-0.39, 0.29) is 6.54 Å². The molecule has 1 aliphatic heterocycles. The summed E-state index contributed by atoms with van der Waals surface area (Å²) in [6.45, 7) is -0.00747. The van der Waals surface area contributed by atoms with Crippen LogP contribution >= 0.6 is 0 Å². The van der Waals surface area contributed by atoms with Gasteiger partial charge in [-0.3, -0.25) is 9.48 Å². The highest BCUT2D eigenvalue weighted by molar-refractivity contribution is 7.89. The summed E-state index contributed by atoms with van der Waals surface area (Å²) in [5, 5.41) is 12.1. The third kappa shape index (κ3) is 3.66. The van der Waals surface area contributed by atoms with Crippen LogP contribution in [0.5, 0.6) is 0 Å². The number of nitrogens with zero attached hydrogens (tertiary/aromatic N) is 3. The maximum Gasteiger partial charge on any atom is 0.436 e. The Kier molecular flexibility index (Phi) is 4.71. The smallest absolute Gasteiger partial charge is 0.436 e. The van der Waals surface area contributed by atoms with Crippen molar-refractivity contribution in [3.63, 3.8) is 0 Å². The van der Waals surface area contributed by atoms with Gasteiger partial charge in [0, 0.05) is 25.8 Å².